The molecule has 0 aromatic carbocycles. The van der Waals surface area contributed by atoms with E-state index in [1.54, 1.807) is 0 Å². The van der Waals surface area contributed by atoms with Crippen LogP contribution in [0.25, 0.3) is 0 Å². The molecule has 0 amide bonds. The lowest BCUT2D eigenvalue weighted by Gasteiger charge is -2.21. The van der Waals surface area contributed by atoms with Gasteiger partial charge in [0.1, 0.15) is 19.3 Å². The van der Waals surface area contributed by atoms with Crippen molar-refractivity contribution in [2.75, 3.05) is 39.6 Å². The summed E-state index contributed by atoms with van der Waals surface area (Å²) < 4.78 is 68.2. The monoisotopic (exact) mass is 1350 g/mol. The molecule has 5 atom stereocenters. The lowest BCUT2D eigenvalue weighted by molar-refractivity contribution is -0.161. The summed E-state index contributed by atoms with van der Waals surface area (Å²) >= 11 is 0. The number of hydrogen-bond acceptors (Lipinski definition) is 15. The predicted molar refractivity (Wildman–Crippen MR) is 372 cm³/mol. The molecule has 0 saturated carbocycles. The summed E-state index contributed by atoms with van der Waals surface area (Å²) in [7, 11) is -9.90. The number of aliphatic hydroxyl groups excluding tert-OH is 1. The van der Waals surface area contributed by atoms with Gasteiger partial charge in [-0.15, -0.1) is 0 Å². The van der Waals surface area contributed by atoms with Crippen LogP contribution in [0.1, 0.15) is 381 Å². The van der Waals surface area contributed by atoms with E-state index < -0.39 is 97.5 Å². The van der Waals surface area contributed by atoms with Gasteiger partial charge in [0, 0.05) is 25.7 Å². The molecule has 0 aromatic heterocycles. The van der Waals surface area contributed by atoms with Gasteiger partial charge in [-0.1, -0.05) is 330 Å². The molecule has 0 saturated heterocycles. The largest absolute Gasteiger partial charge is 0.472 e. The molecule has 0 fully saturated rings. The molecule has 17 nitrogen and oxygen atoms in total. The molecule has 0 spiro atoms. The molecule has 0 aliphatic rings. The van der Waals surface area contributed by atoms with Crippen molar-refractivity contribution in [3.05, 3.63) is 0 Å². The van der Waals surface area contributed by atoms with E-state index in [0.29, 0.717) is 25.7 Å². The van der Waals surface area contributed by atoms with Crippen molar-refractivity contribution in [1.82, 2.24) is 0 Å². The Bertz CT molecular complexity index is 1770. The molecule has 0 aliphatic heterocycles. The second-order valence-corrected chi connectivity index (χ2v) is 29.7. The maximum Gasteiger partial charge on any atom is 0.472 e. The highest BCUT2D eigenvalue weighted by molar-refractivity contribution is 7.47. The Hall–Kier alpha value is -1.94. The van der Waals surface area contributed by atoms with Crippen molar-refractivity contribution in [3.63, 3.8) is 0 Å². The van der Waals surface area contributed by atoms with Gasteiger partial charge in [0.15, 0.2) is 12.2 Å². The van der Waals surface area contributed by atoms with E-state index >= 15 is 0 Å². The first-order chi connectivity index (χ1) is 44.5. The van der Waals surface area contributed by atoms with E-state index in [1.165, 1.54) is 199 Å². The Balaban J connectivity index is 5.15. The highest BCUT2D eigenvalue weighted by Gasteiger charge is 2.30. The molecule has 0 rings (SSSR count). The van der Waals surface area contributed by atoms with E-state index in [4.69, 9.17) is 37.0 Å². The van der Waals surface area contributed by atoms with Gasteiger partial charge in [-0.05, 0) is 31.6 Å². The molecule has 0 radical (unpaired) electrons. The topological polar surface area (TPSA) is 237 Å². The van der Waals surface area contributed by atoms with Gasteiger partial charge in [-0.2, -0.15) is 0 Å². The van der Waals surface area contributed by atoms with Crippen LogP contribution in [0.5, 0.6) is 0 Å². The summed E-state index contributed by atoms with van der Waals surface area (Å²) in [5.41, 5.74) is 0. The first kappa shape index (κ1) is 90.1. The third-order valence-electron chi connectivity index (χ3n) is 17.0. The Labute approximate surface area is 562 Å². The van der Waals surface area contributed by atoms with Crippen molar-refractivity contribution in [3.8, 4) is 0 Å². The zero-order valence-corrected chi connectivity index (χ0v) is 61.5. The maximum absolute atomic E-state index is 13.0. The van der Waals surface area contributed by atoms with Crippen LogP contribution in [-0.4, -0.2) is 96.7 Å². The number of hydrogen-bond donors (Lipinski definition) is 3. The van der Waals surface area contributed by atoms with Crippen molar-refractivity contribution in [2.24, 2.45) is 5.92 Å². The second-order valence-electron chi connectivity index (χ2n) is 26.8. The van der Waals surface area contributed by atoms with Crippen LogP contribution in [0.2, 0.25) is 0 Å². The van der Waals surface area contributed by atoms with Crippen LogP contribution in [0.3, 0.4) is 0 Å². The second kappa shape index (κ2) is 66.3. The van der Waals surface area contributed by atoms with Gasteiger partial charge in [0.2, 0.25) is 0 Å². The molecule has 0 heterocycles. The number of aliphatic hydroxyl groups is 1. The van der Waals surface area contributed by atoms with Gasteiger partial charge in [-0.25, -0.2) is 9.13 Å². The van der Waals surface area contributed by atoms with E-state index in [1.807, 2.05) is 0 Å². The lowest BCUT2D eigenvalue weighted by Crippen LogP contribution is -2.30. The number of phosphoric ester groups is 2. The van der Waals surface area contributed by atoms with Crippen LogP contribution in [0.15, 0.2) is 0 Å². The third-order valence-corrected chi connectivity index (χ3v) is 18.9. The Morgan fingerprint density at radius 2 is 0.500 bits per heavy atom. The van der Waals surface area contributed by atoms with Gasteiger partial charge < -0.3 is 33.8 Å². The average molecular weight is 1350 g/mol. The maximum atomic E-state index is 13.0. The number of ether oxygens (including phenoxy) is 4. The molecule has 0 aliphatic carbocycles. The summed E-state index contributed by atoms with van der Waals surface area (Å²) in [4.78, 5) is 72.4. The lowest BCUT2D eigenvalue weighted by atomic mass is 10.0. The summed E-state index contributed by atoms with van der Waals surface area (Å²) in [6, 6.07) is 0. The minimum absolute atomic E-state index is 0.107. The van der Waals surface area contributed by atoms with Crippen molar-refractivity contribution in [2.45, 2.75) is 400 Å². The Morgan fingerprint density at radius 3 is 0.739 bits per heavy atom. The number of rotatable bonds is 73. The van der Waals surface area contributed by atoms with Crippen molar-refractivity contribution >= 4 is 39.5 Å². The fraction of sp³-hybridized carbons (Fsp3) is 0.945. The quantitative estimate of drug-likeness (QED) is 0.0222. The number of phosphoric acid groups is 2. The third kappa shape index (κ3) is 66.7. The van der Waals surface area contributed by atoms with Crippen molar-refractivity contribution in [1.29, 1.82) is 0 Å². The van der Waals surface area contributed by atoms with Crippen LogP contribution in [-0.2, 0) is 65.4 Å². The number of unbranched alkanes of at least 4 members (excludes halogenated alkanes) is 45. The minimum atomic E-state index is -4.95. The smallest absolute Gasteiger partial charge is 0.462 e. The molecule has 92 heavy (non-hydrogen) atoms. The zero-order valence-electron chi connectivity index (χ0n) is 59.7. The Morgan fingerprint density at radius 1 is 0.293 bits per heavy atom. The van der Waals surface area contributed by atoms with Crippen LogP contribution < -0.4 is 0 Å². The zero-order chi connectivity index (χ0) is 67.7. The fourth-order valence-corrected chi connectivity index (χ4v) is 12.8. The minimum Gasteiger partial charge on any atom is -0.462 e. The standard InChI is InChI=1S/C73H142O17P2/c1-6-9-12-15-17-19-21-23-25-26-27-28-30-36-40-44-49-54-59-73(78)90-69(63-84-71(76)57-52-47-42-38-34-32-31-33-37-41-46-50-55-66(4)5)65-88-92(81,82)86-61-67(74)60-85-91(79,80)87-64-68(62-83-70(75)56-51-45-14-11-8-3)89-72(77)58-53-48-43-39-35-29-24-22-20-18-16-13-10-7-2/h66-69,74H,6-65H2,1-5H3,(H,79,80)(H,81,82)/t67-,68+,69+/m0/s1. The molecule has 546 valence electrons. The first-order valence-electron chi connectivity index (χ1n) is 38.1. The number of carbonyl (C=O) groups is 4. The van der Waals surface area contributed by atoms with Gasteiger partial charge in [-0.3, -0.25) is 37.3 Å². The predicted octanol–water partition coefficient (Wildman–Crippen LogP) is 21.3. The summed E-state index contributed by atoms with van der Waals surface area (Å²) in [5.74, 6) is -1.35. The number of carbonyl (C=O) groups excluding carboxylic acids is 4. The van der Waals surface area contributed by atoms with Crippen LogP contribution in [0, 0.1) is 5.92 Å². The van der Waals surface area contributed by atoms with Crippen LogP contribution in [0.4, 0.5) is 0 Å². The highest BCUT2D eigenvalue weighted by atomic mass is 31.2. The Kier molecular flexibility index (Phi) is 64.9. The fourth-order valence-electron chi connectivity index (χ4n) is 11.2. The van der Waals surface area contributed by atoms with E-state index in [0.717, 1.165) is 102 Å². The molecule has 0 aromatic rings. The normalized spacial score (nSPS) is 14.0. The summed E-state index contributed by atoms with van der Waals surface area (Å²) in [6.45, 7) is 7.20. The molecule has 2 unspecified atom stereocenters. The summed E-state index contributed by atoms with van der Waals surface area (Å²) in [5, 5.41) is 10.6. The van der Waals surface area contributed by atoms with Gasteiger partial charge >= 0.3 is 39.5 Å². The molecule has 0 bridgehead atoms. The average Bonchev–Trinajstić information content (AvgIpc) is 1.94. The highest BCUT2D eigenvalue weighted by Crippen LogP contribution is 2.45. The molecular formula is C73H142O17P2. The van der Waals surface area contributed by atoms with E-state index in [-0.39, 0.29) is 25.7 Å². The first-order valence-corrected chi connectivity index (χ1v) is 41.1. The summed E-state index contributed by atoms with van der Waals surface area (Å²) in [6.07, 6.45) is 54.4. The van der Waals surface area contributed by atoms with Crippen LogP contribution >= 0.6 is 15.6 Å². The SMILES string of the molecule is CCCCCCCCCCCCCCCCCCCCC(=O)O[C@H](COC(=O)CCCCCCCCCCCCCCC(C)C)COP(=O)(O)OC[C@@H](O)COP(=O)(O)OC[C@@H](COC(=O)CCCCCCC)OC(=O)CCCCCCCCCCCCCCCC. The van der Waals surface area contributed by atoms with Gasteiger partial charge in [0.25, 0.3) is 0 Å². The van der Waals surface area contributed by atoms with E-state index in [2.05, 4.69) is 34.6 Å². The van der Waals surface area contributed by atoms with Gasteiger partial charge in [0.05, 0.1) is 26.4 Å². The number of esters is 4. The van der Waals surface area contributed by atoms with Crippen molar-refractivity contribution < 1.29 is 80.2 Å². The molecular weight excluding hydrogens is 1210 g/mol. The molecule has 3 N–H and O–H groups in total. The molecule has 19 heteroatoms. The van der Waals surface area contributed by atoms with E-state index in [9.17, 15) is 43.2 Å².